The van der Waals surface area contributed by atoms with Gasteiger partial charge in [0.05, 0.1) is 12.1 Å². The summed E-state index contributed by atoms with van der Waals surface area (Å²) in [6.07, 6.45) is 2.70. The van der Waals surface area contributed by atoms with Crippen molar-refractivity contribution in [3.63, 3.8) is 0 Å². The Labute approximate surface area is 123 Å². The van der Waals surface area contributed by atoms with E-state index in [1.165, 1.54) is 18.5 Å². The van der Waals surface area contributed by atoms with Crippen LogP contribution in [0.2, 0.25) is 0 Å². The van der Waals surface area contributed by atoms with Gasteiger partial charge in [0.25, 0.3) is 0 Å². The number of hydrogen-bond acceptors (Lipinski definition) is 4. The molecule has 5 heteroatoms. The SMILES string of the molecule is Cc1cc(CC(=O)Nc2cccc(N3CCCC3)c2)no1. The number of carbonyl (C=O) groups is 1. The maximum Gasteiger partial charge on any atom is 0.230 e. The molecule has 21 heavy (non-hydrogen) atoms. The Morgan fingerprint density at radius 2 is 2.14 bits per heavy atom. The highest BCUT2D eigenvalue weighted by Gasteiger charge is 2.13. The highest BCUT2D eigenvalue weighted by Crippen LogP contribution is 2.23. The number of nitrogens with one attached hydrogen (secondary N) is 1. The van der Waals surface area contributed by atoms with Gasteiger partial charge in [-0.15, -0.1) is 0 Å². The largest absolute Gasteiger partial charge is 0.371 e. The van der Waals surface area contributed by atoms with Crippen molar-refractivity contribution < 1.29 is 9.32 Å². The molecule has 0 radical (unpaired) electrons. The molecule has 1 aliphatic rings. The van der Waals surface area contributed by atoms with Crippen LogP contribution in [0.4, 0.5) is 11.4 Å². The molecule has 5 nitrogen and oxygen atoms in total. The fourth-order valence-electron chi connectivity index (χ4n) is 2.63. The van der Waals surface area contributed by atoms with E-state index in [9.17, 15) is 4.79 Å². The summed E-state index contributed by atoms with van der Waals surface area (Å²) >= 11 is 0. The number of rotatable bonds is 4. The van der Waals surface area contributed by atoms with E-state index in [1.807, 2.05) is 25.1 Å². The van der Waals surface area contributed by atoms with Gasteiger partial charge in [-0.25, -0.2) is 0 Å². The molecule has 110 valence electrons. The summed E-state index contributed by atoms with van der Waals surface area (Å²) < 4.78 is 4.97. The Morgan fingerprint density at radius 1 is 1.33 bits per heavy atom. The first kappa shape index (κ1) is 13.7. The standard InChI is InChI=1S/C16H19N3O2/c1-12-9-14(18-21-12)11-16(20)17-13-5-4-6-15(10-13)19-7-2-3-8-19/h4-6,9-10H,2-3,7-8,11H2,1H3,(H,17,20). The molecule has 1 aromatic carbocycles. The molecule has 0 bridgehead atoms. The molecule has 1 fully saturated rings. The van der Waals surface area contributed by atoms with Crippen LogP contribution in [0.25, 0.3) is 0 Å². The molecule has 1 saturated heterocycles. The zero-order valence-corrected chi connectivity index (χ0v) is 12.1. The molecule has 0 saturated carbocycles. The van der Waals surface area contributed by atoms with E-state index in [0.29, 0.717) is 11.5 Å². The molecule has 1 aliphatic heterocycles. The topological polar surface area (TPSA) is 58.4 Å². The normalized spacial score (nSPS) is 14.4. The Morgan fingerprint density at radius 3 is 2.86 bits per heavy atom. The molecule has 0 atom stereocenters. The fourth-order valence-corrected chi connectivity index (χ4v) is 2.63. The monoisotopic (exact) mass is 285 g/mol. The van der Waals surface area contributed by atoms with Crippen LogP contribution in [0.1, 0.15) is 24.3 Å². The summed E-state index contributed by atoms with van der Waals surface area (Å²) in [7, 11) is 0. The fraction of sp³-hybridized carbons (Fsp3) is 0.375. The number of amides is 1. The molecular formula is C16H19N3O2. The quantitative estimate of drug-likeness (QED) is 0.938. The third-order valence-electron chi connectivity index (χ3n) is 3.62. The van der Waals surface area contributed by atoms with E-state index in [2.05, 4.69) is 21.4 Å². The van der Waals surface area contributed by atoms with Crippen LogP contribution in [0.5, 0.6) is 0 Å². The summed E-state index contributed by atoms with van der Waals surface area (Å²) in [6.45, 7) is 4.00. The van der Waals surface area contributed by atoms with Crippen LogP contribution in [0.3, 0.4) is 0 Å². The van der Waals surface area contributed by atoms with Crippen molar-refractivity contribution in [1.29, 1.82) is 0 Å². The van der Waals surface area contributed by atoms with Crippen LogP contribution in [-0.2, 0) is 11.2 Å². The third-order valence-corrected chi connectivity index (χ3v) is 3.62. The van der Waals surface area contributed by atoms with Gasteiger partial charge in [0, 0.05) is 30.5 Å². The number of aryl methyl sites for hydroxylation is 1. The molecule has 0 spiro atoms. The van der Waals surface area contributed by atoms with Gasteiger partial charge in [0.2, 0.25) is 5.91 Å². The maximum absolute atomic E-state index is 12.0. The third kappa shape index (κ3) is 3.42. The number of nitrogens with zero attached hydrogens (tertiary/aromatic N) is 2. The van der Waals surface area contributed by atoms with Crippen LogP contribution in [0.15, 0.2) is 34.9 Å². The van der Waals surface area contributed by atoms with E-state index in [4.69, 9.17) is 4.52 Å². The Balaban J connectivity index is 1.64. The average molecular weight is 285 g/mol. The second kappa shape index (κ2) is 5.99. The summed E-state index contributed by atoms with van der Waals surface area (Å²) in [4.78, 5) is 14.4. The minimum absolute atomic E-state index is 0.0816. The second-order valence-corrected chi connectivity index (χ2v) is 5.40. The predicted molar refractivity (Wildman–Crippen MR) is 81.5 cm³/mol. The maximum atomic E-state index is 12.0. The first-order chi connectivity index (χ1) is 10.2. The molecule has 0 unspecified atom stereocenters. The smallest absolute Gasteiger partial charge is 0.230 e. The van der Waals surface area contributed by atoms with Crippen molar-refractivity contribution in [3.05, 3.63) is 41.8 Å². The molecule has 2 aromatic rings. The van der Waals surface area contributed by atoms with Gasteiger partial charge >= 0.3 is 0 Å². The van der Waals surface area contributed by atoms with Crippen molar-refractivity contribution in [2.45, 2.75) is 26.2 Å². The van der Waals surface area contributed by atoms with E-state index < -0.39 is 0 Å². The molecular weight excluding hydrogens is 266 g/mol. The van der Waals surface area contributed by atoms with Crippen molar-refractivity contribution in [1.82, 2.24) is 5.16 Å². The number of carbonyl (C=O) groups excluding carboxylic acids is 1. The Kier molecular flexibility index (Phi) is 3.90. The second-order valence-electron chi connectivity index (χ2n) is 5.40. The predicted octanol–water partition coefficient (Wildman–Crippen LogP) is 2.76. The zero-order chi connectivity index (χ0) is 14.7. The van der Waals surface area contributed by atoms with Gasteiger partial charge < -0.3 is 14.7 Å². The highest BCUT2D eigenvalue weighted by molar-refractivity contribution is 5.92. The number of hydrogen-bond donors (Lipinski definition) is 1. The summed E-state index contributed by atoms with van der Waals surface area (Å²) in [6, 6.07) is 9.77. The molecule has 0 aliphatic carbocycles. The highest BCUT2D eigenvalue weighted by atomic mass is 16.5. The van der Waals surface area contributed by atoms with Crippen molar-refractivity contribution in [3.8, 4) is 0 Å². The molecule has 3 rings (SSSR count). The average Bonchev–Trinajstić information content (AvgIpc) is 3.11. The minimum Gasteiger partial charge on any atom is -0.371 e. The molecule has 1 aromatic heterocycles. The summed E-state index contributed by atoms with van der Waals surface area (Å²) in [5, 5.41) is 6.75. The van der Waals surface area contributed by atoms with Gasteiger partial charge in [-0.1, -0.05) is 11.2 Å². The van der Waals surface area contributed by atoms with Crippen LogP contribution >= 0.6 is 0 Å². The number of benzene rings is 1. The van der Waals surface area contributed by atoms with Crippen molar-refractivity contribution in [2.75, 3.05) is 23.3 Å². The van der Waals surface area contributed by atoms with Crippen LogP contribution in [-0.4, -0.2) is 24.2 Å². The zero-order valence-electron chi connectivity index (χ0n) is 12.1. The van der Waals surface area contributed by atoms with E-state index in [1.54, 1.807) is 6.07 Å². The van der Waals surface area contributed by atoms with Crippen molar-refractivity contribution >= 4 is 17.3 Å². The first-order valence-corrected chi connectivity index (χ1v) is 7.28. The Hall–Kier alpha value is -2.30. The Bertz CT molecular complexity index is 630. The van der Waals surface area contributed by atoms with Gasteiger partial charge in [-0.2, -0.15) is 0 Å². The summed E-state index contributed by atoms with van der Waals surface area (Å²) in [5.74, 6) is 0.635. The number of anilines is 2. The molecule has 1 N–H and O–H groups in total. The minimum atomic E-state index is -0.0816. The lowest BCUT2D eigenvalue weighted by Gasteiger charge is -2.18. The van der Waals surface area contributed by atoms with E-state index >= 15 is 0 Å². The van der Waals surface area contributed by atoms with Gasteiger partial charge in [-0.3, -0.25) is 4.79 Å². The molecule has 2 heterocycles. The van der Waals surface area contributed by atoms with Crippen LogP contribution < -0.4 is 10.2 Å². The lowest BCUT2D eigenvalue weighted by Crippen LogP contribution is -2.18. The van der Waals surface area contributed by atoms with Gasteiger partial charge in [0.15, 0.2) is 0 Å². The van der Waals surface area contributed by atoms with Crippen LogP contribution in [0, 0.1) is 6.92 Å². The van der Waals surface area contributed by atoms with Gasteiger partial charge in [0.1, 0.15) is 5.76 Å². The van der Waals surface area contributed by atoms with Gasteiger partial charge in [-0.05, 0) is 38.0 Å². The van der Waals surface area contributed by atoms with E-state index in [0.717, 1.165) is 18.8 Å². The van der Waals surface area contributed by atoms with E-state index in [-0.39, 0.29) is 12.3 Å². The van der Waals surface area contributed by atoms with Crippen molar-refractivity contribution in [2.24, 2.45) is 0 Å². The number of aromatic nitrogens is 1. The summed E-state index contributed by atoms with van der Waals surface area (Å²) in [5.41, 5.74) is 2.65. The first-order valence-electron chi connectivity index (χ1n) is 7.28. The lowest BCUT2D eigenvalue weighted by atomic mass is 10.2. The lowest BCUT2D eigenvalue weighted by molar-refractivity contribution is -0.115. The molecule has 1 amide bonds.